The van der Waals surface area contributed by atoms with Gasteiger partial charge in [-0.25, -0.2) is 0 Å². The van der Waals surface area contributed by atoms with Gasteiger partial charge in [0.05, 0.1) is 0 Å². The topological polar surface area (TPSA) is 0 Å². The maximum Gasteiger partial charge on any atom is -0.0272 e. The van der Waals surface area contributed by atoms with Gasteiger partial charge >= 0.3 is 0 Å². The average molecular weight is 166 g/mol. The molecule has 0 nitrogen and oxygen atoms in total. The molecule has 0 aromatic carbocycles. The van der Waals surface area contributed by atoms with E-state index >= 15 is 0 Å². The van der Waals surface area contributed by atoms with Gasteiger partial charge in [0, 0.05) is 0 Å². The highest BCUT2D eigenvalue weighted by Crippen LogP contribution is 2.50. The van der Waals surface area contributed by atoms with Crippen LogP contribution < -0.4 is 0 Å². The van der Waals surface area contributed by atoms with Crippen molar-refractivity contribution >= 4 is 0 Å². The highest BCUT2D eigenvalue weighted by atomic mass is 14.4. The lowest BCUT2D eigenvalue weighted by Gasteiger charge is -2.45. The van der Waals surface area contributed by atoms with E-state index in [0.717, 1.165) is 11.3 Å². The molecule has 0 aromatic rings. The molecule has 0 N–H and O–H groups in total. The fourth-order valence-corrected chi connectivity index (χ4v) is 3.48. The molecule has 0 aliphatic heterocycles. The second kappa shape index (κ2) is 3.40. The first-order valence-corrected chi connectivity index (χ1v) is 5.83. The molecule has 2 fully saturated rings. The summed E-state index contributed by atoms with van der Waals surface area (Å²) in [6.07, 6.45) is 13.7. The maximum atomic E-state index is 2.50. The third kappa shape index (κ3) is 1.41. The van der Waals surface area contributed by atoms with Crippen molar-refractivity contribution in [2.75, 3.05) is 0 Å². The monoisotopic (exact) mass is 166 g/mol. The third-order valence-electron chi connectivity index (χ3n) is 4.46. The quantitative estimate of drug-likeness (QED) is 0.507. The highest BCUT2D eigenvalue weighted by Gasteiger charge is 2.38. The van der Waals surface area contributed by atoms with Crippen LogP contribution in [0.15, 0.2) is 0 Å². The van der Waals surface area contributed by atoms with E-state index in [1.54, 1.807) is 19.3 Å². The Labute approximate surface area is 76.7 Å². The molecule has 70 valence electrons. The van der Waals surface area contributed by atoms with E-state index in [-0.39, 0.29) is 0 Å². The standard InChI is InChI=1S/C12H22/c1-11-7-3-6-10-12(11)8-4-2-5-9-12/h11H,2-10H2,1H3/t11-/m1/s1. The van der Waals surface area contributed by atoms with E-state index in [1.165, 1.54) is 38.5 Å². The number of hydrogen-bond acceptors (Lipinski definition) is 0. The van der Waals surface area contributed by atoms with Crippen LogP contribution in [0.1, 0.15) is 64.7 Å². The Morgan fingerprint density at radius 2 is 1.42 bits per heavy atom. The lowest BCUT2D eigenvalue weighted by atomic mass is 9.60. The molecular formula is C12H22. The minimum atomic E-state index is 0.816. The minimum Gasteiger partial charge on any atom is -0.0620 e. The van der Waals surface area contributed by atoms with Crippen LogP contribution in [0.3, 0.4) is 0 Å². The molecule has 0 amide bonds. The molecule has 0 heterocycles. The second-order valence-corrected chi connectivity index (χ2v) is 5.07. The Morgan fingerprint density at radius 3 is 2.00 bits per heavy atom. The van der Waals surface area contributed by atoms with E-state index in [9.17, 15) is 0 Å². The molecule has 2 aliphatic carbocycles. The van der Waals surface area contributed by atoms with Crippen LogP contribution in [-0.4, -0.2) is 0 Å². The molecule has 2 aliphatic rings. The molecule has 1 spiro atoms. The lowest BCUT2D eigenvalue weighted by molar-refractivity contribution is 0.0592. The van der Waals surface area contributed by atoms with Gasteiger partial charge in [-0.3, -0.25) is 0 Å². The van der Waals surface area contributed by atoms with E-state index in [2.05, 4.69) is 6.92 Å². The van der Waals surface area contributed by atoms with Crippen molar-refractivity contribution in [1.29, 1.82) is 0 Å². The molecule has 0 saturated heterocycles. The van der Waals surface area contributed by atoms with Crippen LogP contribution >= 0.6 is 0 Å². The van der Waals surface area contributed by atoms with E-state index in [4.69, 9.17) is 0 Å². The average Bonchev–Trinajstić information content (AvgIpc) is 2.12. The van der Waals surface area contributed by atoms with E-state index < -0.39 is 0 Å². The van der Waals surface area contributed by atoms with E-state index in [1.807, 2.05) is 0 Å². The molecule has 0 unspecified atom stereocenters. The summed E-state index contributed by atoms with van der Waals surface area (Å²) in [5, 5.41) is 0. The molecule has 2 rings (SSSR count). The fraction of sp³-hybridized carbons (Fsp3) is 1.00. The Balaban J connectivity index is 2.04. The zero-order chi connectivity index (χ0) is 8.44. The first-order chi connectivity index (χ1) is 5.83. The largest absolute Gasteiger partial charge is 0.0620 e. The van der Waals surface area contributed by atoms with Crippen LogP contribution in [0.2, 0.25) is 0 Å². The van der Waals surface area contributed by atoms with Gasteiger partial charge in [-0.1, -0.05) is 45.4 Å². The van der Waals surface area contributed by atoms with Crippen LogP contribution in [-0.2, 0) is 0 Å². The molecular weight excluding hydrogens is 144 g/mol. The SMILES string of the molecule is C[C@@H]1CCCCC12CCCCC2. The zero-order valence-electron chi connectivity index (χ0n) is 8.44. The third-order valence-corrected chi connectivity index (χ3v) is 4.46. The Bertz CT molecular complexity index is 134. The van der Waals surface area contributed by atoms with Crippen molar-refractivity contribution in [1.82, 2.24) is 0 Å². The number of hydrogen-bond donors (Lipinski definition) is 0. The summed E-state index contributed by atoms with van der Waals surface area (Å²) in [4.78, 5) is 0. The van der Waals surface area contributed by atoms with Crippen molar-refractivity contribution in [2.45, 2.75) is 64.7 Å². The Morgan fingerprint density at radius 1 is 0.833 bits per heavy atom. The van der Waals surface area contributed by atoms with Crippen LogP contribution in [0.25, 0.3) is 0 Å². The Hall–Kier alpha value is 0. The van der Waals surface area contributed by atoms with Gasteiger partial charge < -0.3 is 0 Å². The van der Waals surface area contributed by atoms with Crippen LogP contribution in [0, 0.1) is 11.3 Å². The molecule has 12 heavy (non-hydrogen) atoms. The smallest absolute Gasteiger partial charge is 0.0272 e. The summed E-state index contributed by atoms with van der Waals surface area (Å²) in [5.74, 6) is 1.03. The summed E-state index contributed by atoms with van der Waals surface area (Å²) < 4.78 is 0. The van der Waals surface area contributed by atoms with Gasteiger partial charge in [0.1, 0.15) is 0 Å². The van der Waals surface area contributed by atoms with Gasteiger partial charge in [-0.05, 0) is 30.6 Å². The lowest BCUT2D eigenvalue weighted by Crippen LogP contribution is -2.34. The molecule has 0 radical (unpaired) electrons. The highest BCUT2D eigenvalue weighted by molar-refractivity contribution is 4.89. The van der Waals surface area contributed by atoms with Gasteiger partial charge in [0.2, 0.25) is 0 Å². The Kier molecular flexibility index (Phi) is 2.43. The molecule has 0 heteroatoms. The van der Waals surface area contributed by atoms with Crippen molar-refractivity contribution in [3.8, 4) is 0 Å². The molecule has 2 saturated carbocycles. The van der Waals surface area contributed by atoms with E-state index in [0.29, 0.717) is 0 Å². The second-order valence-electron chi connectivity index (χ2n) is 5.07. The summed E-state index contributed by atoms with van der Waals surface area (Å²) in [5.41, 5.74) is 0.816. The number of rotatable bonds is 0. The molecule has 0 aromatic heterocycles. The zero-order valence-corrected chi connectivity index (χ0v) is 8.44. The first-order valence-electron chi connectivity index (χ1n) is 5.83. The predicted octanol–water partition coefficient (Wildman–Crippen LogP) is 4.15. The first kappa shape index (κ1) is 8.59. The van der Waals surface area contributed by atoms with Crippen LogP contribution in [0.4, 0.5) is 0 Å². The van der Waals surface area contributed by atoms with Crippen molar-refractivity contribution in [3.63, 3.8) is 0 Å². The van der Waals surface area contributed by atoms with Crippen molar-refractivity contribution < 1.29 is 0 Å². The summed E-state index contributed by atoms with van der Waals surface area (Å²) >= 11 is 0. The summed E-state index contributed by atoms with van der Waals surface area (Å²) in [7, 11) is 0. The van der Waals surface area contributed by atoms with Crippen molar-refractivity contribution in [3.05, 3.63) is 0 Å². The normalized spacial score (nSPS) is 35.2. The fourth-order valence-electron chi connectivity index (χ4n) is 3.48. The minimum absolute atomic E-state index is 0.816. The van der Waals surface area contributed by atoms with Gasteiger partial charge in [0.15, 0.2) is 0 Å². The van der Waals surface area contributed by atoms with Crippen molar-refractivity contribution in [2.24, 2.45) is 11.3 Å². The molecule has 0 bridgehead atoms. The predicted molar refractivity (Wildman–Crippen MR) is 53.2 cm³/mol. The molecule has 1 atom stereocenters. The van der Waals surface area contributed by atoms with Gasteiger partial charge in [-0.2, -0.15) is 0 Å². The summed E-state index contributed by atoms with van der Waals surface area (Å²) in [6.45, 7) is 2.50. The maximum absolute atomic E-state index is 2.50. The summed E-state index contributed by atoms with van der Waals surface area (Å²) in [6, 6.07) is 0. The van der Waals surface area contributed by atoms with Crippen LogP contribution in [0.5, 0.6) is 0 Å². The van der Waals surface area contributed by atoms with Gasteiger partial charge in [-0.15, -0.1) is 0 Å². The van der Waals surface area contributed by atoms with Gasteiger partial charge in [0.25, 0.3) is 0 Å².